The van der Waals surface area contributed by atoms with E-state index in [0.29, 0.717) is 19.1 Å². The van der Waals surface area contributed by atoms with Crippen molar-refractivity contribution in [2.45, 2.75) is 19.9 Å². The number of rotatable bonds is 5. The van der Waals surface area contributed by atoms with Gasteiger partial charge in [-0.15, -0.1) is 0 Å². The van der Waals surface area contributed by atoms with Crippen molar-refractivity contribution in [1.82, 2.24) is 20.6 Å². The first-order valence-electron chi connectivity index (χ1n) is 5.16. The molecule has 1 aromatic rings. The van der Waals surface area contributed by atoms with E-state index in [4.69, 9.17) is 0 Å². The highest BCUT2D eigenvalue weighted by Crippen LogP contribution is 1.86. The van der Waals surface area contributed by atoms with E-state index in [-0.39, 0.29) is 17.2 Å². The van der Waals surface area contributed by atoms with E-state index in [1.807, 2.05) is 13.8 Å². The van der Waals surface area contributed by atoms with Crippen LogP contribution in [0.25, 0.3) is 0 Å². The molecule has 1 rings (SSSR count). The van der Waals surface area contributed by atoms with E-state index in [0.717, 1.165) is 6.20 Å². The molecular formula is C10H16N4O2. The molecule has 0 unspecified atom stereocenters. The standard InChI is InChI=1S/C10H16N4O2/c1-7(2)11-3-4-12-10(16)8-5-14-9(15)6-13-8/h5-7,11H,3-4H2,1-2H3,(H,12,16)(H,14,15). The zero-order valence-corrected chi connectivity index (χ0v) is 9.41. The third-order valence-electron chi connectivity index (χ3n) is 1.87. The molecule has 0 aromatic carbocycles. The fourth-order valence-corrected chi connectivity index (χ4v) is 1.09. The lowest BCUT2D eigenvalue weighted by Gasteiger charge is -2.08. The van der Waals surface area contributed by atoms with Gasteiger partial charge < -0.3 is 15.6 Å². The van der Waals surface area contributed by atoms with Crippen LogP contribution in [-0.2, 0) is 0 Å². The van der Waals surface area contributed by atoms with Gasteiger partial charge in [0, 0.05) is 25.3 Å². The average Bonchev–Trinajstić information content (AvgIpc) is 2.25. The molecule has 0 spiro atoms. The molecule has 0 saturated heterocycles. The predicted molar refractivity (Wildman–Crippen MR) is 60.3 cm³/mol. The second-order valence-electron chi connectivity index (χ2n) is 3.66. The van der Waals surface area contributed by atoms with E-state index < -0.39 is 0 Å². The molecular weight excluding hydrogens is 208 g/mol. The smallest absolute Gasteiger partial charge is 0.271 e. The second kappa shape index (κ2) is 6.02. The third kappa shape index (κ3) is 4.22. The maximum Gasteiger partial charge on any atom is 0.271 e. The van der Waals surface area contributed by atoms with Gasteiger partial charge in [0.2, 0.25) is 0 Å². The molecule has 1 aromatic heterocycles. The highest BCUT2D eigenvalue weighted by atomic mass is 16.2. The normalized spacial score (nSPS) is 10.4. The van der Waals surface area contributed by atoms with Crippen LogP contribution in [0.2, 0.25) is 0 Å². The van der Waals surface area contributed by atoms with Crippen LogP contribution >= 0.6 is 0 Å². The molecule has 1 amide bonds. The number of carbonyl (C=O) groups excluding carboxylic acids is 1. The van der Waals surface area contributed by atoms with Gasteiger partial charge in [-0.05, 0) is 0 Å². The van der Waals surface area contributed by atoms with Gasteiger partial charge >= 0.3 is 0 Å². The lowest BCUT2D eigenvalue weighted by Crippen LogP contribution is -2.35. The molecule has 0 radical (unpaired) electrons. The van der Waals surface area contributed by atoms with Crippen LogP contribution in [0.3, 0.4) is 0 Å². The summed E-state index contributed by atoms with van der Waals surface area (Å²) in [6.07, 6.45) is 2.38. The Hall–Kier alpha value is -1.69. The molecule has 0 atom stereocenters. The van der Waals surface area contributed by atoms with Crippen LogP contribution in [-0.4, -0.2) is 35.0 Å². The third-order valence-corrected chi connectivity index (χ3v) is 1.87. The number of H-pyrrole nitrogens is 1. The number of aromatic amines is 1. The van der Waals surface area contributed by atoms with E-state index in [2.05, 4.69) is 20.6 Å². The average molecular weight is 224 g/mol. The van der Waals surface area contributed by atoms with Crippen molar-refractivity contribution in [3.8, 4) is 0 Å². The fourth-order valence-electron chi connectivity index (χ4n) is 1.09. The molecule has 0 aliphatic rings. The van der Waals surface area contributed by atoms with E-state index in [1.54, 1.807) is 0 Å². The quantitative estimate of drug-likeness (QED) is 0.588. The van der Waals surface area contributed by atoms with Crippen molar-refractivity contribution in [3.05, 3.63) is 28.4 Å². The number of nitrogens with zero attached hydrogens (tertiary/aromatic N) is 1. The van der Waals surface area contributed by atoms with Crippen molar-refractivity contribution in [1.29, 1.82) is 0 Å². The van der Waals surface area contributed by atoms with Crippen molar-refractivity contribution >= 4 is 5.91 Å². The summed E-state index contributed by atoms with van der Waals surface area (Å²) < 4.78 is 0. The van der Waals surface area contributed by atoms with Gasteiger partial charge in [0.25, 0.3) is 11.5 Å². The molecule has 1 heterocycles. The number of hydrogen-bond acceptors (Lipinski definition) is 4. The van der Waals surface area contributed by atoms with Crippen LogP contribution in [0.5, 0.6) is 0 Å². The summed E-state index contributed by atoms with van der Waals surface area (Å²) in [6, 6.07) is 0.392. The summed E-state index contributed by atoms with van der Waals surface area (Å²) in [5.74, 6) is -0.290. The second-order valence-corrected chi connectivity index (χ2v) is 3.66. The van der Waals surface area contributed by atoms with E-state index in [9.17, 15) is 9.59 Å². The largest absolute Gasteiger partial charge is 0.349 e. The van der Waals surface area contributed by atoms with Gasteiger partial charge in [0.1, 0.15) is 5.69 Å². The number of amides is 1. The lowest BCUT2D eigenvalue weighted by atomic mass is 10.4. The van der Waals surface area contributed by atoms with Crippen molar-refractivity contribution in [2.24, 2.45) is 0 Å². The Balaban J connectivity index is 2.35. The van der Waals surface area contributed by atoms with E-state index in [1.165, 1.54) is 6.20 Å². The molecule has 88 valence electrons. The summed E-state index contributed by atoms with van der Waals surface area (Å²) in [5.41, 5.74) is -0.109. The highest BCUT2D eigenvalue weighted by Gasteiger charge is 2.05. The number of nitrogens with one attached hydrogen (secondary N) is 3. The highest BCUT2D eigenvalue weighted by molar-refractivity contribution is 5.91. The monoisotopic (exact) mass is 224 g/mol. The van der Waals surface area contributed by atoms with Crippen molar-refractivity contribution in [3.63, 3.8) is 0 Å². The molecule has 6 heteroatoms. The van der Waals surface area contributed by atoms with Gasteiger partial charge in [-0.3, -0.25) is 9.59 Å². The molecule has 3 N–H and O–H groups in total. The minimum atomic E-state index is -0.321. The Labute approximate surface area is 93.5 Å². The zero-order valence-electron chi connectivity index (χ0n) is 9.41. The molecule has 0 saturated carbocycles. The summed E-state index contributed by atoms with van der Waals surface area (Å²) in [4.78, 5) is 28.3. The Morgan fingerprint density at radius 2 is 2.25 bits per heavy atom. The van der Waals surface area contributed by atoms with Crippen molar-refractivity contribution in [2.75, 3.05) is 13.1 Å². The molecule has 6 nitrogen and oxygen atoms in total. The molecule has 0 bridgehead atoms. The molecule has 0 aliphatic heterocycles. The van der Waals surface area contributed by atoms with Crippen LogP contribution in [0, 0.1) is 0 Å². The van der Waals surface area contributed by atoms with Crippen LogP contribution in [0.4, 0.5) is 0 Å². The van der Waals surface area contributed by atoms with Gasteiger partial charge in [-0.1, -0.05) is 13.8 Å². The van der Waals surface area contributed by atoms with Crippen molar-refractivity contribution < 1.29 is 4.79 Å². The maximum absolute atomic E-state index is 11.5. The lowest BCUT2D eigenvalue weighted by molar-refractivity contribution is 0.0948. The Morgan fingerprint density at radius 3 is 2.81 bits per heavy atom. The molecule has 16 heavy (non-hydrogen) atoms. The van der Waals surface area contributed by atoms with Crippen LogP contribution in [0.1, 0.15) is 24.3 Å². The SMILES string of the molecule is CC(C)NCCNC(=O)c1c[nH]c(=O)cn1. The first kappa shape index (κ1) is 12.4. The maximum atomic E-state index is 11.5. The Morgan fingerprint density at radius 1 is 1.50 bits per heavy atom. The predicted octanol–water partition coefficient (Wildman–Crippen LogP) is -0.502. The topological polar surface area (TPSA) is 86.9 Å². The number of carbonyl (C=O) groups is 1. The first-order valence-corrected chi connectivity index (χ1v) is 5.16. The van der Waals surface area contributed by atoms with Gasteiger partial charge in [0.15, 0.2) is 0 Å². The Kier molecular flexibility index (Phi) is 4.65. The van der Waals surface area contributed by atoms with Crippen LogP contribution in [0.15, 0.2) is 17.2 Å². The Bertz CT molecular complexity index is 380. The fraction of sp³-hybridized carbons (Fsp3) is 0.500. The van der Waals surface area contributed by atoms with Gasteiger partial charge in [-0.2, -0.15) is 0 Å². The number of hydrogen-bond donors (Lipinski definition) is 3. The molecule has 0 aliphatic carbocycles. The summed E-state index contributed by atoms with van der Waals surface area (Å²) >= 11 is 0. The summed E-state index contributed by atoms with van der Waals surface area (Å²) in [5, 5.41) is 5.86. The summed E-state index contributed by atoms with van der Waals surface area (Å²) in [6.45, 7) is 5.29. The van der Waals surface area contributed by atoms with Crippen LogP contribution < -0.4 is 16.2 Å². The molecule has 0 fully saturated rings. The minimum Gasteiger partial charge on any atom is -0.349 e. The summed E-state index contributed by atoms with van der Waals surface area (Å²) in [7, 11) is 0. The zero-order chi connectivity index (χ0) is 12.0. The van der Waals surface area contributed by atoms with E-state index >= 15 is 0 Å². The number of aromatic nitrogens is 2. The minimum absolute atomic E-state index is 0.212. The van der Waals surface area contributed by atoms with Gasteiger partial charge in [0.05, 0.1) is 6.20 Å². The van der Waals surface area contributed by atoms with Gasteiger partial charge in [-0.25, -0.2) is 4.98 Å². The first-order chi connectivity index (χ1) is 7.59.